The number of ether oxygens (including phenoxy) is 1. The molecule has 0 fully saturated rings. The molecule has 0 spiro atoms. The lowest BCUT2D eigenvalue weighted by atomic mass is 10.3. The number of nitrogens with one attached hydrogen (secondary N) is 2. The maximum absolute atomic E-state index is 11.4. The minimum Gasteiger partial charge on any atom is -0.484 e. The first-order chi connectivity index (χ1) is 8.58. The van der Waals surface area contributed by atoms with E-state index in [4.69, 9.17) is 16.3 Å². The summed E-state index contributed by atoms with van der Waals surface area (Å²) < 4.78 is 5.31. The number of carbonyl (C=O) groups excluding carboxylic acids is 1. The standard InChI is InChI=1S/C13H19ClN2O2/c1-10(2)15-6-7-16-13(17)9-18-12-5-3-4-11(14)8-12/h3-5,8,10,15H,6-7,9H2,1-2H3,(H,16,17). The second-order valence-electron chi connectivity index (χ2n) is 4.20. The van der Waals surface area contributed by atoms with Crippen LogP contribution >= 0.6 is 11.6 Å². The Bertz CT molecular complexity index is 383. The number of halogens is 1. The van der Waals surface area contributed by atoms with Crippen molar-refractivity contribution in [2.24, 2.45) is 0 Å². The van der Waals surface area contributed by atoms with Crippen LogP contribution in [0.1, 0.15) is 13.8 Å². The monoisotopic (exact) mass is 270 g/mol. The molecule has 1 aromatic carbocycles. The van der Waals surface area contributed by atoms with Crippen molar-refractivity contribution >= 4 is 17.5 Å². The lowest BCUT2D eigenvalue weighted by molar-refractivity contribution is -0.123. The minimum absolute atomic E-state index is 0.00200. The van der Waals surface area contributed by atoms with Gasteiger partial charge in [-0.1, -0.05) is 31.5 Å². The number of hydrogen-bond donors (Lipinski definition) is 2. The molecule has 5 heteroatoms. The highest BCUT2D eigenvalue weighted by molar-refractivity contribution is 6.30. The molecule has 0 aromatic heterocycles. The average Bonchev–Trinajstić information content (AvgIpc) is 2.32. The van der Waals surface area contributed by atoms with Crippen molar-refractivity contribution in [2.45, 2.75) is 19.9 Å². The molecule has 0 aliphatic carbocycles. The van der Waals surface area contributed by atoms with Gasteiger partial charge in [-0.05, 0) is 18.2 Å². The molecule has 0 heterocycles. The molecule has 0 aliphatic heterocycles. The zero-order valence-electron chi connectivity index (χ0n) is 10.7. The Kier molecular flexibility index (Phi) is 6.54. The largest absolute Gasteiger partial charge is 0.484 e. The van der Waals surface area contributed by atoms with E-state index in [0.717, 1.165) is 6.54 Å². The first-order valence-corrected chi connectivity index (χ1v) is 6.34. The molecular weight excluding hydrogens is 252 g/mol. The summed E-state index contributed by atoms with van der Waals surface area (Å²) in [5.41, 5.74) is 0. The van der Waals surface area contributed by atoms with Crippen LogP contribution in [-0.2, 0) is 4.79 Å². The van der Waals surface area contributed by atoms with Crippen LogP contribution in [0, 0.1) is 0 Å². The molecule has 0 saturated carbocycles. The Balaban J connectivity index is 2.17. The molecule has 0 bridgehead atoms. The average molecular weight is 271 g/mol. The summed E-state index contributed by atoms with van der Waals surface area (Å²) in [7, 11) is 0. The van der Waals surface area contributed by atoms with Crippen LogP contribution < -0.4 is 15.4 Å². The SMILES string of the molecule is CC(C)NCCNC(=O)COc1cccc(Cl)c1. The summed E-state index contributed by atoms with van der Waals surface area (Å²) in [6, 6.07) is 7.40. The molecule has 1 amide bonds. The third-order valence-corrected chi connectivity index (χ3v) is 2.40. The summed E-state index contributed by atoms with van der Waals surface area (Å²) in [5.74, 6) is 0.457. The molecule has 1 aromatic rings. The van der Waals surface area contributed by atoms with Gasteiger partial charge in [0, 0.05) is 24.2 Å². The highest BCUT2D eigenvalue weighted by Crippen LogP contribution is 2.16. The van der Waals surface area contributed by atoms with E-state index in [9.17, 15) is 4.79 Å². The number of amides is 1. The van der Waals surface area contributed by atoms with Crippen molar-refractivity contribution in [1.29, 1.82) is 0 Å². The van der Waals surface area contributed by atoms with Gasteiger partial charge in [-0.25, -0.2) is 0 Å². The van der Waals surface area contributed by atoms with Gasteiger partial charge < -0.3 is 15.4 Å². The lowest BCUT2D eigenvalue weighted by Crippen LogP contribution is -2.36. The molecule has 18 heavy (non-hydrogen) atoms. The van der Waals surface area contributed by atoms with E-state index < -0.39 is 0 Å². The van der Waals surface area contributed by atoms with E-state index in [1.54, 1.807) is 24.3 Å². The Hall–Kier alpha value is -1.26. The molecule has 2 N–H and O–H groups in total. The van der Waals surface area contributed by atoms with Crippen molar-refractivity contribution in [3.05, 3.63) is 29.3 Å². The van der Waals surface area contributed by atoms with Gasteiger partial charge in [0.2, 0.25) is 0 Å². The zero-order valence-corrected chi connectivity index (χ0v) is 11.5. The fourth-order valence-electron chi connectivity index (χ4n) is 1.32. The number of hydrogen-bond acceptors (Lipinski definition) is 3. The molecule has 0 atom stereocenters. The van der Waals surface area contributed by atoms with Gasteiger partial charge in [-0.15, -0.1) is 0 Å². The number of carbonyl (C=O) groups is 1. The Morgan fingerprint density at radius 1 is 1.39 bits per heavy atom. The highest BCUT2D eigenvalue weighted by Gasteiger charge is 2.02. The quantitative estimate of drug-likeness (QED) is 0.744. The Morgan fingerprint density at radius 2 is 2.17 bits per heavy atom. The predicted molar refractivity (Wildman–Crippen MR) is 73.1 cm³/mol. The van der Waals surface area contributed by atoms with Crippen molar-refractivity contribution in [2.75, 3.05) is 19.7 Å². The van der Waals surface area contributed by atoms with Gasteiger partial charge in [0.1, 0.15) is 5.75 Å². The summed E-state index contributed by atoms with van der Waals surface area (Å²) >= 11 is 5.80. The van der Waals surface area contributed by atoms with E-state index in [-0.39, 0.29) is 12.5 Å². The van der Waals surface area contributed by atoms with Crippen LogP contribution in [0.2, 0.25) is 5.02 Å². The fraction of sp³-hybridized carbons (Fsp3) is 0.462. The van der Waals surface area contributed by atoms with E-state index >= 15 is 0 Å². The van der Waals surface area contributed by atoms with E-state index in [1.807, 2.05) is 0 Å². The molecule has 0 radical (unpaired) electrons. The van der Waals surface area contributed by atoms with Gasteiger partial charge in [-0.2, -0.15) is 0 Å². The summed E-state index contributed by atoms with van der Waals surface area (Å²) in [5, 5.41) is 6.56. The van der Waals surface area contributed by atoms with Crippen LogP contribution in [0.25, 0.3) is 0 Å². The van der Waals surface area contributed by atoms with Crippen LogP contribution in [0.4, 0.5) is 0 Å². The molecule has 100 valence electrons. The summed E-state index contributed by atoms with van der Waals surface area (Å²) in [4.78, 5) is 11.4. The minimum atomic E-state index is -0.138. The molecule has 0 saturated heterocycles. The van der Waals surface area contributed by atoms with Gasteiger partial charge >= 0.3 is 0 Å². The zero-order chi connectivity index (χ0) is 13.4. The van der Waals surface area contributed by atoms with Crippen molar-refractivity contribution in [3.8, 4) is 5.75 Å². The fourth-order valence-corrected chi connectivity index (χ4v) is 1.50. The molecule has 1 rings (SSSR count). The third-order valence-electron chi connectivity index (χ3n) is 2.17. The van der Waals surface area contributed by atoms with E-state index in [1.165, 1.54) is 0 Å². The lowest BCUT2D eigenvalue weighted by Gasteiger charge is -2.10. The topological polar surface area (TPSA) is 50.4 Å². The smallest absolute Gasteiger partial charge is 0.257 e. The second-order valence-corrected chi connectivity index (χ2v) is 4.64. The van der Waals surface area contributed by atoms with Crippen LogP contribution in [-0.4, -0.2) is 31.6 Å². The van der Waals surface area contributed by atoms with Crippen molar-refractivity contribution < 1.29 is 9.53 Å². The summed E-state index contributed by atoms with van der Waals surface area (Å²) in [6.45, 7) is 5.46. The van der Waals surface area contributed by atoms with Gasteiger partial charge in [0.25, 0.3) is 5.91 Å². The second kappa shape index (κ2) is 7.95. The Labute approximate surface area is 113 Å². The molecule has 0 unspecified atom stereocenters. The van der Waals surface area contributed by atoms with Crippen molar-refractivity contribution in [1.82, 2.24) is 10.6 Å². The van der Waals surface area contributed by atoms with Crippen molar-refractivity contribution in [3.63, 3.8) is 0 Å². The predicted octanol–water partition coefficient (Wildman–Crippen LogP) is 1.83. The van der Waals surface area contributed by atoms with Crippen LogP contribution in [0.5, 0.6) is 5.75 Å². The normalized spacial score (nSPS) is 10.4. The third kappa shape index (κ3) is 6.47. The van der Waals surface area contributed by atoms with E-state index in [2.05, 4.69) is 24.5 Å². The molecule has 4 nitrogen and oxygen atoms in total. The highest BCUT2D eigenvalue weighted by atomic mass is 35.5. The van der Waals surface area contributed by atoms with Gasteiger partial charge in [-0.3, -0.25) is 4.79 Å². The molecule has 0 aliphatic rings. The first kappa shape index (κ1) is 14.8. The summed E-state index contributed by atoms with van der Waals surface area (Å²) in [6.07, 6.45) is 0. The number of benzene rings is 1. The Morgan fingerprint density at radius 3 is 2.83 bits per heavy atom. The van der Waals surface area contributed by atoms with Crippen LogP contribution in [0.3, 0.4) is 0 Å². The van der Waals surface area contributed by atoms with Crippen LogP contribution in [0.15, 0.2) is 24.3 Å². The maximum Gasteiger partial charge on any atom is 0.257 e. The van der Waals surface area contributed by atoms with Gasteiger partial charge in [0.15, 0.2) is 6.61 Å². The number of rotatable bonds is 7. The maximum atomic E-state index is 11.4. The van der Waals surface area contributed by atoms with Gasteiger partial charge in [0.05, 0.1) is 0 Å². The first-order valence-electron chi connectivity index (χ1n) is 5.96. The molecular formula is C13H19ClN2O2. The van der Waals surface area contributed by atoms with E-state index in [0.29, 0.717) is 23.4 Å².